The van der Waals surface area contributed by atoms with Crippen molar-refractivity contribution in [3.63, 3.8) is 0 Å². The maximum atomic E-state index is 12.3. The van der Waals surface area contributed by atoms with Gasteiger partial charge in [0.1, 0.15) is 0 Å². The summed E-state index contributed by atoms with van der Waals surface area (Å²) in [6, 6.07) is 8.22. The average Bonchev–Trinajstić information content (AvgIpc) is 3.74. The molecule has 2 unspecified atom stereocenters. The maximum absolute atomic E-state index is 12.3. The van der Waals surface area contributed by atoms with E-state index < -0.39 is 0 Å². The van der Waals surface area contributed by atoms with E-state index in [0.29, 0.717) is 12.8 Å². The molecule has 0 saturated heterocycles. The number of aromatic nitrogens is 4. The summed E-state index contributed by atoms with van der Waals surface area (Å²) in [7, 11) is 6.21. The number of aryl methyl sites for hydroxylation is 3. The zero-order valence-electron chi connectivity index (χ0n) is 29.6. The summed E-state index contributed by atoms with van der Waals surface area (Å²) in [5.74, 6) is -0.566. The molecule has 0 radical (unpaired) electrons. The number of methoxy groups -OCH3 is 4. The number of esters is 2. The molecule has 3 aromatic heterocycles. The molecule has 2 N–H and O–H groups in total. The molecule has 2 atom stereocenters. The number of nitrogens with one attached hydrogen (secondary N) is 2. The van der Waals surface area contributed by atoms with Gasteiger partial charge in [0.15, 0.2) is 0 Å². The fourth-order valence-electron chi connectivity index (χ4n) is 6.72. The first kappa shape index (κ1) is 34.8. The van der Waals surface area contributed by atoms with Crippen molar-refractivity contribution >= 4 is 56.3 Å². The van der Waals surface area contributed by atoms with Crippen LogP contribution in [0.25, 0.3) is 44.4 Å². The maximum Gasteiger partial charge on any atom is 0.305 e. The Morgan fingerprint density at radius 3 is 1.81 bits per heavy atom. The molecule has 2 aliphatic heterocycles. The minimum Gasteiger partial charge on any atom is -0.469 e. The van der Waals surface area contributed by atoms with Crippen LogP contribution in [0.3, 0.4) is 0 Å². The van der Waals surface area contributed by atoms with Gasteiger partial charge in [-0.3, -0.25) is 9.59 Å². The van der Waals surface area contributed by atoms with Gasteiger partial charge in [-0.05, 0) is 112 Å². The highest BCUT2D eigenvalue weighted by molar-refractivity contribution is 5.96. The van der Waals surface area contributed by atoms with E-state index in [1.54, 1.807) is 14.2 Å². The highest BCUT2D eigenvalue weighted by atomic mass is 16.5. The second-order valence-corrected chi connectivity index (χ2v) is 12.4. The van der Waals surface area contributed by atoms with Gasteiger partial charge < -0.3 is 28.9 Å². The Bertz CT molecular complexity index is 2000. The van der Waals surface area contributed by atoms with Crippen LogP contribution in [0, 0.1) is 13.8 Å². The number of hydrogen-bond acceptors (Lipinski definition) is 8. The van der Waals surface area contributed by atoms with Crippen molar-refractivity contribution in [1.82, 2.24) is 19.9 Å². The Morgan fingerprint density at radius 1 is 0.646 bits per heavy atom. The Labute approximate surface area is 281 Å². The number of fused-ring (bicyclic) bond motifs is 8. The molecule has 0 spiro atoms. The summed E-state index contributed by atoms with van der Waals surface area (Å²) in [6.07, 6.45) is 1.02. The van der Waals surface area contributed by atoms with Crippen LogP contribution in [0.1, 0.15) is 98.1 Å². The van der Waals surface area contributed by atoms with Crippen LogP contribution in [0.15, 0.2) is 24.3 Å². The van der Waals surface area contributed by atoms with Crippen LogP contribution in [-0.4, -0.2) is 66.4 Å². The topological polar surface area (TPSA) is 128 Å². The first-order valence-electron chi connectivity index (χ1n) is 16.3. The predicted octanol–water partition coefficient (Wildman–Crippen LogP) is 7.59. The van der Waals surface area contributed by atoms with E-state index in [2.05, 4.69) is 42.0 Å². The molecule has 254 valence electrons. The van der Waals surface area contributed by atoms with Crippen molar-refractivity contribution in [3.05, 3.63) is 69.3 Å². The van der Waals surface area contributed by atoms with Crippen LogP contribution in [0.4, 0.5) is 0 Å². The number of carbonyl (C=O) groups is 2. The minimum atomic E-state index is -0.284. The summed E-state index contributed by atoms with van der Waals surface area (Å²) >= 11 is 0. The van der Waals surface area contributed by atoms with Gasteiger partial charge in [-0.25, -0.2) is 9.97 Å². The van der Waals surface area contributed by atoms with Gasteiger partial charge in [0.05, 0.1) is 49.2 Å². The first-order chi connectivity index (χ1) is 22.9. The first-order valence-corrected chi connectivity index (χ1v) is 16.3. The second-order valence-electron chi connectivity index (χ2n) is 12.4. The minimum absolute atomic E-state index is 0.174. The molecule has 0 saturated carbocycles. The Morgan fingerprint density at radius 2 is 1.17 bits per heavy atom. The monoisotopic (exact) mass is 654 g/mol. The lowest BCUT2D eigenvalue weighted by Gasteiger charge is -2.12. The number of carbonyl (C=O) groups excluding carboxylic acids is 2. The molecule has 10 heteroatoms. The van der Waals surface area contributed by atoms with Crippen molar-refractivity contribution in [3.8, 4) is 0 Å². The van der Waals surface area contributed by atoms with Crippen molar-refractivity contribution in [2.75, 3.05) is 28.4 Å². The number of ether oxygens (including phenoxy) is 4. The molecule has 3 aromatic rings. The van der Waals surface area contributed by atoms with Crippen LogP contribution in [-0.2, 0) is 35.0 Å². The van der Waals surface area contributed by atoms with E-state index in [-0.39, 0.29) is 37.0 Å². The number of H-pyrrole nitrogens is 2. The van der Waals surface area contributed by atoms with Gasteiger partial charge in [0, 0.05) is 60.3 Å². The Kier molecular flexibility index (Phi) is 10.4. The number of allylic oxidation sites excluding steroid dienone is 3. The van der Waals surface area contributed by atoms with E-state index >= 15 is 0 Å². The highest BCUT2D eigenvalue weighted by Gasteiger charge is 2.25. The molecule has 0 aromatic carbocycles. The number of rotatable bonds is 10. The molecule has 0 aliphatic carbocycles. The molecular weight excluding hydrogens is 608 g/mol. The van der Waals surface area contributed by atoms with Crippen LogP contribution in [0.5, 0.6) is 0 Å². The number of aromatic amines is 2. The van der Waals surface area contributed by atoms with Gasteiger partial charge >= 0.3 is 11.9 Å². The van der Waals surface area contributed by atoms with E-state index in [4.69, 9.17) is 28.9 Å². The molecule has 0 fully saturated rings. The van der Waals surface area contributed by atoms with Crippen molar-refractivity contribution in [1.29, 1.82) is 0 Å². The van der Waals surface area contributed by atoms with E-state index in [1.807, 2.05) is 33.8 Å². The van der Waals surface area contributed by atoms with E-state index in [9.17, 15) is 9.59 Å². The fraction of sp³-hybridized carbons (Fsp3) is 0.421. The normalized spacial score (nSPS) is 14.4. The molecule has 5 heterocycles. The van der Waals surface area contributed by atoms with Crippen LogP contribution in [0.2, 0.25) is 0 Å². The molecule has 10 nitrogen and oxygen atoms in total. The third-order valence-electron chi connectivity index (χ3n) is 9.77. The number of hydrogen-bond donors (Lipinski definition) is 2. The van der Waals surface area contributed by atoms with Crippen molar-refractivity contribution in [2.24, 2.45) is 0 Å². The smallest absolute Gasteiger partial charge is 0.305 e. The zero-order chi connectivity index (χ0) is 34.9. The van der Waals surface area contributed by atoms with Gasteiger partial charge in [0.2, 0.25) is 0 Å². The fourth-order valence-corrected chi connectivity index (χ4v) is 6.72. The standard InChI is InChI=1S/C38H46N4O6/c1-19-25(11-13-35(43)47-9)31-18-32-26(12-14-36(44)48-10)20(2)28(40-32)16-33-38(24(6)46-8)22(4)30(42-33)17-34-37(23(5)45-7)21(3)29(41-34)15-27(19)39-31/h15-18,23-24,40-41H,11-14H2,1-10H3. The summed E-state index contributed by atoms with van der Waals surface area (Å²) in [5.41, 5.74) is 14.8. The van der Waals surface area contributed by atoms with Crippen LogP contribution < -0.4 is 0 Å². The van der Waals surface area contributed by atoms with E-state index in [0.717, 1.165) is 89.4 Å². The lowest BCUT2D eigenvalue weighted by molar-refractivity contribution is -0.141. The summed E-state index contributed by atoms with van der Waals surface area (Å²) in [5, 5.41) is 0. The second kappa shape index (κ2) is 14.3. The Balaban J connectivity index is 1.93. The lowest BCUT2D eigenvalue weighted by atomic mass is 9.99. The molecule has 2 aliphatic rings. The lowest BCUT2D eigenvalue weighted by Crippen LogP contribution is -2.07. The molecule has 0 amide bonds. The van der Waals surface area contributed by atoms with Crippen LogP contribution >= 0.6 is 0 Å². The third kappa shape index (κ3) is 6.59. The largest absolute Gasteiger partial charge is 0.469 e. The molecule has 48 heavy (non-hydrogen) atoms. The SMILES string of the molecule is COC(=O)CCC1=C(C)c2cc3[nH]c(cc4nc(cc5[nH]c(cc1n2)c(CCC(=O)OC)c5C)C(C(C)OC)=C4C)c(C(C)OC)c3C. The molecule has 5 rings (SSSR count). The zero-order valence-corrected chi connectivity index (χ0v) is 29.6. The number of nitrogens with zero attached hydrogens (tertiary/aromatic N) is 2. The summed E-state index contributed by atoms with van der Waals surface area (Å²) in [4.78, 5) is 42.1. The van der Waals surface area contributed by atoms with Gasteiger partial charge in [-0.15, -0.1) is 0 Å². The predicted molar refractivity (Wildman–Crippen MR) is 189 cm³/mol. The third-order valence-corrected chi connectivity index (χ3v) is 9.77. The van der Waals surface area contributed by atoms with E-state index in [1.165, 1.54) is 14.2 Å². The molecule has 8 bridgehead atoms. The Hall–Kier alpha value is -4.54. The highest BCUT2D eigenvalue weighted by Crippen LogP contribution is 2.38. The average molecular weight is 655 g/mol. The van der Waals surface area contributed by atoms with Gasteiger partial charge in [0.25, 0.3) is 0 Å². The summed E-state index contributed by atoms with van der Waals surface area (Å²) < 4.78 is 21.6. The van der Waals surface area contributed by atoms with Gasteiger partial charge in [-0.1, -0.05) is 0 Å². The summed E-state index contributed by atoms with van der Waals surface area (Å²) in [6.45, 7) is 12.3. The quantitative estimate of drug-likeness (QED) is 0.214. The van der Waals surface area contributed by atoms with Crippen molar-refractivity contribution < 1.29 is 28.5 Å². The van der Waals surface area contributed by atoms with Gasteiger partial charge in [-0.2, -0.15) is 0 Å². The molecular formula is C38H46N4O6. The van der Waals surface area contributed by atoms with Crippen molar-refractivity contribution in [2.45, 2.75) is 79.4 Å².